The lowest BCUT2D eigenvalue weighted by molar-refractivity contribution is -0.121. The number of halogens is 1. The van der Waals surface area contributed by atoms with Gasteiger partial charge in [0.1, 0.15) is 11.5 Å². The van der Waals surface area contributed by atoms with Gasteiger partial charge in [-0.15, -0.1) is 0 Å². The third kappa shape index (κ3) is 3.77. The Morgan fingerprint density at radius 2 is 2.04 bits per heavy atom. The lowest BCUT2D eigenvalue weighted by atomic mass is 9.92. The maximum Gasteiger partial charge on any atom is 0.221 e. The van der Waals surface area contributed by atoms with E-state index in [4.69, 9.17) is 0 Å². The predicted octanol–water partition coefficient (Wildman–Crippen LogP) is 4.22. The van der Waals surface area contributed by atoms with Gasteiger partial charge in [-0.05, 0) is 50.1 Å². The zero-order chi connectivity index (χ0) is 18.7. The zero-order valence-electron chi connectivity index (χ0n) is 15.4. The van der Waals surface area contributed by atoms with E-state index in [0.29, 0.717) is 0 Å². The van der Waals surface area contributed by atoms with Crippen molar-refractivity contribution in [3.63, 3.8) is 0 Å². The van der Waals surface area contributed by atoms with Crippen molar-refractivity contribution in [1.29, 1.82) is 0 Å². The number of nitrogens with zero attached hydrogens (tertiary/aromatic N) is 2. The molecule has 0 saturated heterocycles. The van der Waals surface area contributed by atoms with Crippen molar-refractivity contribution < 1.29 is 9.18 Å². The Morgan fingerprint density at radius 1 is 1.27 bits per heavy atom. The molecule has 0 aliphatic carbocycles. The summed E-state index contributed by atoms with van der Waals surface area (Å²) in [6.07, 6.45) is 2.90. The molecule has 26 heavy (non-hydrogen) atoms. The maximum atomic E-state index is 13.8. The van der Waals surface area contributed by atoms with Crippen LogP contribution in [0.25, 0.3) is 5.65 Å². The van der Waals surface area contributed by atoms with Crippen LogP contribution in [0.5, 0.6) is 0 Å². The number of rotatable bonds is 6. The van der Waals surface area contributed by atoms with Crippen molar-refractivity contribution in [2.45, 2.75) is 45.6 Å². The number of amides is 1. The molecule has 2 aromatic heterocycles. The first-order valence-electron chi connectivity index (χ1n) is 8.97. The van der Waals surface area contributed by atoms with Crippen LogP contribution in [0.2, 0.25) is 0 Å². The molecule has 3 rings (SSSR count). The molecule has 5 heteroatoms. The molecule has 0 spiro atoms. The molecule has 1 amide bonds. The van der Waals surface area contributed by atoms with Crippen LogP contribution in [-0.4, -0.2) is 21.3 Å². The average Bonchev–Trinajstić information content (AvgIpc) is 3.04. The minimum atomic E-state index is -0.305. The summed E-state index contributed by atoms with van der Waals surface area (Å²) in [6, 6.07) is 12.5. The molecule has 3 aromatic rings. The SMILES string of the molecule is CC[C@H](C)NC(=O)C[C@H](c1cccc(F)c1)c1cnc2cccc(C)n12. The summed E-state index contributed by atoms with van der Waals surface area (Å²) in [4.78, 5) is 17.0. The van der Waals surface area contributed by atoms with E-state index in [1.54, 1.807) is 12.3 Å². The number of hydrogen-bond acceptors (Lipinski definition) is 2. The number of aromatic nitrogens is 2. The highest BCUT2D eigenvalue weighted by atomic mass is 19.1. The summed E-state index contributed by atoms with van der Waals surface area (Å²) >= 11 is 0. The van der Waals surface area contributed by atoms with Crippen molar-refractivity contribution in [2.75, 3.05) is 0 Å². The number of benzene rings is 1. The number of carbonyl (C=O) groups is 1. The fraction of sp³-hybridized carbons (Fsp3) is 0.333. The summed E-state index contributed by atoms with van der Waals surface area (Å²) in [5.74, 6) is -0.622. The van der Waals surface area contributed by atoms with Gasteiger partial charge in [-0.3, -0.25) is 4.79 Å². The van der Waals surface area contributed by atoms with Crippen molar-refractivity contribution in [2.24, 2.45) is 0 Å². The minimum absolute atomic E-state index is 0.0443. The summed E-state index contributed by atoms with van der Waals surface area (Å²) in [6.45, 7) is 6.01. The standard InChI is InChI=1S/C21H24FN3O/c1-4-14(2)24-21(26)12-18(16-8-6-9-17(22)11-16)19-13-23-20-10-5-7-15(3)25(19)20/h5-11,13-14,18H,4,12H2,1-3H3,(H,24,26)/t14-,18+/m0/s1. The van der Waals surface area contributed by atoms with Gasteiger partial charge >= 0.3 is 0 Å². The Hall–Kier alpha value is -2.69. The first kappa shape index (κ1) is 18.1. The van der Waals surface area contributed by atoms with Crippen molar-refractivity contribution >= 4 is 11.6 Å². The van der Waals surface area contributed by atoms with Gasteiger partial charge in [0.15, 0.2) is 0 Å². The van der Waals surface area contributed by atoms with Crippen LogP contribution in [-0.2, 0) is 4.79 Å². The molecule has 0 aliphatic rings. The van der Waals surface area contributed by atoms with Gasteiger partial charge < -0.3 is 9.72 Å². The van der Waals surface area contributed by atoms with Crippen LogP contribution in [0.3, 0.4) is 0 Å². The van der Waals surface area contributed by atoms with Crippen LogP contribution in [0.1, 0.15) is 49.6 Å². The Kier molecular flexibility index (Phi) is 5.35. The summed E-state index contributed by atoms with van der Waals surface area (Å²) < 4.78 is 15.9. The molecular formula is C21H24FN3O. The molecule has 0 fully saturated rings. The second-order valence-corrected chi connectivity index (χ2v) is 6.73. The van der Waals surface area contributed by atoms with Crippen molar-refractivity contribution in [3.05, 3.63) is 71.4 Å². The first-order chi connectivity index (χ1) is 12.5. The maximum absolute atomic E-state index is 13.8. The normalized spacial score (nSPS) is 13.5. The lowest BCUT2D eigenvalue weighted by Gasteiger charge is -2.20. The molecule has 2 heterocycles. The molecule has 136 valence electrons. The van der Waals surface area contributed by atoms with Crippen LogP contribution >= 0.6 is 0 Å². The molecule has 1 N–H and O–H groups in total. The first-order valence-corrected chi connectivity index (χ1v) is 8.97. The van der Waals surface area contributed by atoms with Gasteiger partial charge in [0.2, 0.25) is 5.91 Å². The second-order valence-electron chi connectivity index (χ2n) is 6.73. The number of carbonyl (C=O) groups excluding carboxylic acids is 1. The third-order valence-electron chi connectivity index (χ3n) is 4.77. The van der Waals surface area contributed by atoms with Gasteiger partial charge in [-0.25, -0.2) is 9.37 Å². The lowest BCUT2D eigenvalue weighted by Crippen LogP contribution is -2.33. The number of imidazole rings is 1. The Bertz CT molecular complexity index is 919. The number of fused-ring (bicyclic) bond motifs is 1. The van der Waals surface area contributed by atoms with E-state index >= 15 is 0 Å². The van der Waals surface area contributed by atoms with Crippen molar-refractivity contribution in [1.82, 2.24) is 14.7 Å². The van der Waals surface area contributed by atoms with Crippen LogP contribution in [0.4, 0.5) is 4.39 Å². The topological polar surface area (TPSA) is 46.4 Å². The predicted molar refractivity (Wildman–Crippen MR) is 101 cm³/mol. The molecular weight excluding hydrogens is 329 g/mol. The van der Waals surface area contributed by atoms with Gasteiger partial charge in [0.05, 0.1) is 5.69 Å². The van der Waals surface area contributed by atoms with E-state index in [1.165, 1.54) is 12.1 Å². The zero-order valence-corrected chi connectivity index (χ0v) is 15.4. The molecule has 1 aromatic carbocycles. The van der Waals surface area contributed by atoms with E-state index in [1.807, 2.05) is 49.4 Å². The van der Waals surface area contributed by atoms with Gasteiger partial charge in [-0.1, -0.05) is 25.1 Å². The smallest absolute Gasteiger partial charge is 0.221 e. The Balaban J connectivity index is 2.04. The van der Waals surface area contributed by atoms with Crippen LogP contribution in [0.15, 0.2) is 48.7 Å². The minimum Gasteiger partial charge on any atom is -0.354 e. The van der Waals surface area contributed by atoms with E-state index in [2.05, 4.69) is 10.3 Å². The highest BCUT2D eigenvalue weighted by Crippen LogP contribution is 2.30. The van der Waals surface area contributed by atoms with E-state index in [0.717, 1.165) is 29.0 Å². The van der Waals surface area contributed by atoms with Gasteiger partial charge in [-0.2, -0.15) is 0 Å². The molecule has 4 nitrogen and oxygen atoms in total. The summed E-state index contributed by atoms with van der Waals surface area (Å²) in [5.41, 5.74) is 3.51. The second kappa shape index (κ2) is 7.68. The molecule has 0 bridgehead atoms. The van der Waals surface area contributed by atoms with E-state index in [9.17, 15) is 9.18 Å². The highest BCUT2D eigenvalue weighted by molar-refractivity contribution is 5.77. The highest BCUT2D eigenvalue weighted by Gasteiger charge is 2.23. The Morgan fingerprint density at radius 3 is 2.77 bits per heavy atom. The van der Waals surface area contributed by atoms with Crippen LogP contribution < -0.4 is 5.32 Å². The summed E-state index contributed by atoms with van der Waals surface area (Å²) in [5, 5.41) is 3.01. The largest absolute Gasteiger partial charge is 0.354 e. The fourth-order valence-corrected chi connectivity index (χ4v) is 3.21. The number of hydrogen-bond donors (Lipinski definition) is 1. The van der Waals surface area contributed by atoms with Crippen LogP contribution in [0, 0.1) is 12.7 Å². The summed E-state index contributed by atoms with van der Waals surface area (Å²) in [7, 11) is 0. The number of nitrogens with one attached hydrogen (secondary N) is 1. The molecule has 2 atom stereocenters. The van der Waals surface area contributed by atoms with Gasteiger partial charge in [0, 0.05) is 30.3 Å². The fourth-order valence-electron chi connectivity index (χ4n) is 3.21. The quantitative estimate of drug-likeness (QED) is 0.721. The molecule has 0 aliphatic heterocycles. The average molecular weight is 353 g/mol. The third-order valence-corrected chi connectivity index (χ3v) is 4.77. The monoisotopic (exact) mass is 353 g/mol. The molecule has 0 saturated carbocycles. The Labute approximate surface area is 153 Å². The number of aryl methyl sites for hydroxylation is 1. The molecule has 0 radical (unpaired) electrons. The van der Waals surface area contributed by atoms with Crippen molar-refractivity contribution in [3.8, 4) is 0 Å². The van der Waals surface area contributed by atoms with E-state index < -0.39 is 0 Å². The van der Waals surface area contributed by atoms with Gasteiger partial charge in [0.25, 0.3) is 0 Å². The number of pyridine rings is 1. The van der Waals surface area contributed by atoms with E-state index in [-0.39, 0.29) is 30.1 Å². The molecule has 0 unspecified atom stereocenters.